The first-order valence-corrected chi connectivity index (χ1v) is 10.1. The number of Topliss-reactive ketones (excluding diaryl/α,β-unsaturated/α-hetero) is 1. The smallest absolute Gasteiger partial charge is 0.164 e. The SMILES string of the molecule is CCCC(=O)CN1c2ccccc2C=NC1c1cccc(Cc2ccccc2)n1. The number of rotatable bonds is 7. The maximum absolute atomic E-state index is 12.5. The molecule has 146 valence electrons. The number of hydrogen-bond acceptors (Lipinski definition) is 4. The molecule has 1 atom stereocenters. The zero-order valence-electron chi connectivity index (χ0n) is 16.7. The van der Waals surface area contributed by atoms with E-state index in [1.165, 1.54) is 5.56 Å². The number of ketones is 1. The molecule has 0 N–H and O–H groups in total. The molecular formula is C25H25N3O. The summed E-state index contributed by atoms with van der Waals surface area (Å²) in [7, 11) is 0. The highest BCUT2D eigenvalue weighted by Gasteiger charge is 2.27. The molecule has 29 heavy (non-hydrogen) atoms. The molecule has 0 spiro atoms. The van der Waals surface area contributed by atoms with Crippen LogP contribution in [0.2, 0.25) is 0 Å². The predicted octanol–water partition coefficient (Wildman–Crippen LogP) is 4.98. The summed E-state index contributed by atoms with van der Waals surface area (Å²) in [6.07, 6.45) is 3.81. The van der Waals surface area contributed by atoms with E-state index in [-0.39, 0.29) is 11.9 Å². The van der Waals surface area contributed by atoms with Gasteiger partial charge >= 0.3 is 0 Å². The van der Waals surface area contributed by atoms with Crippen LogP contribution in [0.15, 0.2) is 77.8 Å². The minimum Gasteiger partial charge on any atom is -0.337 e. The van der Waals surface area contributed by atoms with E-state index in [1.807, 2.05) is 67.7 Å². The Morgan fingerprint density at radius 1 is 0.966 bits per heavy atom. The van der Waals surface area contributed by atoms with Crippen molar-refractivity contribution in [2.45, 2.75) is 32.4 Å². The van der Waals surface area contributed by atoms with E-state index in [1.54, 1.807) is 0 Å². The molecule has 0 saturated carbocycles. The highest BCUT2D eigenvalue weighted by molar-refractivity contribution is 5.92. The van der Waals surface area contributed by atoms with Crippen molar-refractivity contribution >= 4 is 17.7 Å². The summed E-state index contributed by atoms with van der Waals surface area (Å²) in [6.45, 7) is 2.38. The number of carbonyl (C=O) groups excluding carboxylic acids is 1. The van der Waals surface area contributed by atoms with Gasteiger partial charge in [-0.1, -0.05) is 61.5 Å². The van der Waals surface area contributed by atoms with Crippen molar-refractivity contribution in [1.82, 2.24) is 4.98 Å². The van der Waals surface area contributed by atoms with E-state index >= 15 is 0 Å². The van der Waals surface area contributed by atoms with Gasteiger partial charge in [-0.15, -0.1) is 0 Å². The number of anilines is 1. The van der Waals surface area contributed by atoms with Crippen LogP contribution in [0.5, 0.6) is 0 Å². The summed E-state index contributed by atoms with van der Waals surface area (Å²) < 4.78 is 0. The molecule has 4 nitrogen and oxygen atoms in total. The third-order valence-corrected chi connectivity index (χ3v) is 5.09. The number of nitrogens with zero attached hydrogens (tertiary/aromatic N) is 3. The van der Waals surface area contributed by atoms with Crippen LogP contribution in [0.25, 0.3) is 0 Å². The number of pyridine rings is 1. The van der Waals surface area contributed by atoms with Crippen molar-refractivity contribution in [2.24, 2.45) is 4.99 Å². The first-order chi connectivity index (χ1) is 14.2. The molecule has 1 unspecified atom stereocenters. The fourth-order valence-corrected chi connectivity index (χ4v) is 3.72. The van der Waals surface area contributed by atoms with Crippen LogP contribution >= 0.6 is 0 Å². The van der Waals surface area contributed by atoms with Gasteiger partial charge in [0, 0.05) is 36.0 Å². The molecule has 0 radical (unpaired) electrons. The van der Waals surface area contributed by atoms with E-state index in [4.69, 9.17) is 9.98 Å². The summed E-state index contributed by atoms with van der Waals surface area (Å²) in [5.41, 5.74) is 5.17. The van der Waals surface area contributed by atoms with E-state index in [9.17, 15) is 4.79 Å². The lowest BCUT2D eigenvalue weighted by atomic mass is 10.1. The summed E-state index contributed by atoms with van der Waals surface area (Å²) in [4.78, 5) is 24.2. The number of aromatic nitrogens is 1. The minimum absolute atomic E-state index is 0.227. The van der Waals surface area contributed by atoms with Crippen molar-refractivity contribution in [3.05, 3.63) is 95.3 Å². The Morgan fingerprint density at radius 2 is 1.76 bits per heavy atom. The van der Waals surface area contributed by atoms with Crippen LogP contribution in [0.3, 0.4) is 0 Å². The van der Waals surface area contributed by atoms with Gasteiger partial charge in [0.15, 0.2) is 11.9 Å². The molecule has 4 heteroatoms. The average Bonchev–Trinajstić information content (AvgIpc) is 2.75. The van der Waals surface area contributed by atoms with Crippen LogP contribution in [0.1, 0.15) is 48.4 Å². The van der Waals surface area contributed by atoms with Gasteiger partial charge in [0.05, 0.1) is 12.2 Å². The maximum Gasteiger partial charge on any atom is 0.164 e. The first kappa shape index (κ1) is 19.1. The lowest BCUT2D eigenvalue weighted by molar-refractivity contribution is -0.117. The van der Waals surface area contributed by atoms with Gasteiger partial charge in [0.2, 0.25) is 0 Å². The second-order valence-electron chi connectivity index (χ2n) is 7.34. The molecule has 0 aliphatic carbocycles. The van der Waals surface area contributed by atoms with E-state index in [0.717, 1.165) is 35.5 Å². The lowest BCUT2D eigenvalue weighted by Crippen LogP contribution is -2.36. The van der Waals surface area contributed by atoms with Crippen LogP contribution in [-0.4, -0.2) is 23.5 Å². The van der Waals surface area contributed by atoms with E-state index < -0.39 is 0 Å². The Labute approximate surface area is 171 Å². The van der Waals surface area contributed by atoms with Gasteiger partial charge in [0.1, 0.15) is 0 Å². The molecule has 1 aliphatic rings. The Bertz CT molecular complexity index is 1010. The summed E-state index contributed by atoms with van der Waals surface area (Å²) in [5.74, 6) is 0.227. The number of fused-ring (bicyclic) bond motifs is 1. The molecule has 4 rings (SSSR count). The Balaban J connectivity index is 1.65. The number of benzene rings is 2. The largest absolute Gasteiger partial charge is 0.337 e. The third-order valence-electron chi connectivity index (χ3n) is 5.09. The fourth-order valence-electron chi connectivity index (χ4n) is 3.72. The van der Waals surface area contributed by atoms with Gasteiger partial charge in [-0.25, -0.2) is 0 Å². The average molecular weight is 383 g/mol. The zero-order valence-corrected chi connectivity index (χ0v) is 16.7. The molecule has 2 heterocycles. The quantitative estimate of drug-likeness (QED) is 0.578. The van der Waals surface area contributed by atoms with Crippen molar-refractivity contribution in [2.75, 3.05) is 11.4 Å². The Morgan fingerprint density at radius 3 is 2.59 bits per heavy atom. The van der Waals surface area contributed by atoms with Crippen molar-refractivity contribution in [3.8, 4) is 0 Å². The normalized spacial score (nSPS) is 15.2. The minimum atomic E-state index is -0.290. The lowest BCUT2D eigenvalue weighted by Gasteiger charge is -2.34. The third kappa shape index (κ3) is 4.43. The Kier molecular flexibility index (Phi) is 5.80. The van der Waals surface area contributed by atoms with Crippen LogP contribution in [0.4, 0.5) is 5.69 Å². The number of hydrogen-bond donors (Lipinski definition) is 0. The molecule has 1 aliphatic heterocycles. The molecular weight excluding hydrogens is 358 g/mol. The van der Waals surface area contributed by atoms with Crippen molar-refractivity contribution < 1.29 is 4.79 Å². The molecule has 0 bridgehead atoms. The monoisotopic (exact) mass is 383 g/mol. The summed E-state index contributed by atoms with van der Waals surface area (Å²) in [5, 5.41) is 0. The topological polar surface area (TPSA) is 45.6 Å². The standard InChI is InChI=1S/C25H25N3O/c1-2-9-22(29)18-28-24-15-7-6-12-20(24)17-26-25(28)23-14-8-13-21(27-23)16-19-10-4-3-5-11-19/h3-8,10-15,17,25H,2,9,16,18H2,1H3. The molecule has 0 saturated heterocycles. The molecule has 2 aromatic carbocycles. The molecule has 0 amide bonds. The van der Waals surface area contributed by atoms with Crippen molar-refractivity contribution in [1.29, 1.82) is 0 Å². The molecule has 3 aromatic rings. The first-order valence-electron chi connectivity index (χ1n) is 10.1. The van der Waals surface area contributed by atoms with Gasteiger partial charge in [-0.05, 0) is 30.2 Å². The zero-order chi connectivity index (χ0) is 20.1. The molecule has 0 fully saturated rings. The van der Waals surface area contributed by atoms with E-state index in [0.29, 0.717) is 13.0 Å². The number of aliphatic imine (C=N–C) groups is 1. The summed E-state index contributed by atoms with van der Waals surface area (Å²) in [6, 6.07) is 24.5. The fraction of sp³-hybridized carbons (Fsp3) is 0.240. The van der Waals surface area contributed by atoms with Crippen LogP contribution in [-0.2, 0) is 11.2 Å². The summed E-state index contributed by atoms with van der Waals surface area (Å²) >= 11 is 0. The highest BCUT2D eigenvalue weighted by Crippen LogP contribution is 2.33. The highest BCUT2D eigenvalue weighted by atomic mass is 16.1. The second-order valence-corrected chi connectivity index (χ2v) is 7.34. The molecule has 1 aromatic heterocycles. The van der Waals surface area contributed by atoms with Gasteiger partial charge in [-0.2, -0.15) is 0 Å². The van der Waals surface area contributed by atoms with Gasteiger partial charge in [-0.3, -0.25) is 14.8 Å². The maximum atomic E-state index is 12.5. The van der Waals surface area contributed by atoms with Crippen molar-refractivity contribution in [3.63, 3.8) is 0 Å². The number of carbonyl (C=O) groups is 1. The Hall–Kier alpha value is -3.27. The van der Waals surface area contributed by atoms with Gasteiger partial charge < -0.3 is 4.90 Å². The van der Waals surface area contributed by atoms with Crippen LogP contribution < -0.4 is 4.90 Å². The van der Waals surface area contributed by atoms with Gasteiger partial charge in [0.25, 0.3) is 0 Å². The van der Waals surface area contributed by atoms with Crippen LogP contribution in [0, 0.1) is 0 Å². The number of para-hydroxylation sites is 1. The second kappa shape index (κ2) is 8.82. The van der Waals surface area contributed by atoms with E-state index in [2.05, 4.69) is 23.1 Å². The predicted molar refractivity (Wildman–Crippen MR) is 118 cm³/mol.